The Morgan fingerprint density at radius 1 is 1.12 bits per heavy atom. The summed E-state index contributed by atoms with van der Waals surface area (Å²) < 4.78 is 6.00. The molecule has 1 aliphatic rings. The molecule has 0 unspecified atom stereocenters. The summed E-state index contributed by atoms with van der Waals surface area (Å²) in [6.45, 7) is 4.58. The smallest absolute Gasteiger partial charge is 0.261 e. The third-order valence-corrected chi connectivity index (χ3v) is 4.98. The summed E-state index contributed by atoms with van der Waals surface area (Å²) in [5.41, 5.74) is 5.13. The minimum atomic E-state index is -0.453. The summed E-state index contributed by atoms with van der Waals surface area (Å²) in [4.78, 5) is 12.5. The molecule has 0 heterocycles. The van der Waals surface area contributed by atoms with Crippen LogP contribution in [0.4, 0.5) is 0 Å². The highest BCUT2D eigenvalue weighted by atomic mass is 16.5. The van der Waals surface area contributed by atoms with Gasteiger partial charge >= 0.3 is 0 Å². The SMILES string of the molecule is CC[C@@H](Oc1ccc2c(c1)CCCC2)C(=O)NCc1ccccc1C. The van der Waals surface area contributed by atoms with Gasteiger partial charge in [-0.05, 0) is 73.4 Å². The summed E-state index contributed by atoms with van der Waals surface area (Å²) in [6, 6.07) is 14.4. The van der Waals surface area contributed by atoms with Crippen LogP contribution in [0.25, 0.3) is 0 Å². The normalized spacial score (nSPS) is 14.5. The van der Waals surface area contributed by atoms with Crippen molar-refractivity contribution in [1.29, 1.82) is 0 Å². The first-order valence-corrected chi connectivity index (χ1v) is 9.28. The molecule has 3 rings (SSSR count). The first kappa shape index (κ1) is 17.5. The van der Waals surface area contributed by atoms with Gasteiger partial charge in [0.15, 0.2) is 6.10 Å². The number of carbonyl (C=O) groups is 1. The quantitative estimate of drug-likeness (QED) is 0.851. The molecule has 0 aromatic heterocycles. The predicted molar refractivity (Wildman–Crippen MR) is 101 cm³/mol. The molecule has 3 nitrogen and oxygen atoms in total. The fourth-order valence-corrected chi connectivity index (χ4v) is 3.37. The molecule has 3 heteroatoms. The third-order valence-electron chi connectivity index (χ3n) is 4.98. The van der Waals surface area contributed by atoms with E-state index in [0.717, 1.165) is 24.2 Å². The van der Waals surface area contributed by atoms with Crippen LogP contribution in [0.5, 0.6) is 5.75 Å². The van der Waals surface area contributed by atoms with E-state index >= 15 is 0 Å². The lowest BCUT2D eigenvalue weighted by molar-refractivity contribution is -0.128. The molecule has 1 aliphatic carbocycles. The number of ether oxygens (including phenoxy) is 1. The Bertz CT molecular complexity index is 739. The number of amides is 1. The van der Waals surface area contributed by atoms with Gasteiger partial charge in [-0.3, -0.25) is 4.79 Å². The molecule has 2 aromatic rings. The second-order valence-corrected chi connectivity index (χ2v) is 6.80. The number of rotatable bonds is 6. The Labute approximate surface area is 150 Å². The standard InChI is InChI=1S/C22H27NO2/c1-3-21(22(24)23-15-19-11-5-4-8-16(19)2)25-20-13-12-17-9-6-7-10-18(17)14-20/h4-5,8,11-14,21H,3,6-7,9-10,15H2,1-2H3,(H,23,24)/t21-/m1/s1. The summed E-state index contributed by atoms with van der Waals surface area (Å²) >= 11 is 0. The molecule has 0 spiro atoms. The molecule has 0 fully saturated rings. The highest BCUT2D eigenvalue weighted by molar-refractivity contribution is 5.81. The van der Waals surface area contributed by atoms with Gasteiger partial charge in [-0.2, -0.15) is 0 Å². The molecule has 0 aliphatic heterocycles. The molecule has 132 valence electrons. The van der Waals surface area contributed by atoms with Crippen LogP contribution in [-0.2, 0) is 24.2 Å². The Morgan fingerprint density at radius 2 is 1.88 bits per heavy atom. The highest BCUT2D eigenvalue weighted by Crippen LogP contribution is 2.26. The average Bonchev–Trinajstić information content (AvgIpc) is 2.65. The van der Waals surface area contributed by atoms with E-state index in [9.17, 15) is 4.79 Å². The van der Waals surface area contributed by atoms with Crippen LogP contribution in [-0.4, -0.2) is 12.0 Å². The van der Waals surface area contributed by atoms with Gasteiger partial charge < -0.3 is 10.1 Å². The van der Waals surface area contributed by atoms with E-state index in [4.69, 9.17) is 4.74 Å². The van der Waals surface area contributed by atoms with Gasteiger partial charge in [0.05, 0.1) is 0 Å². The molecular weight excluding hydrogens is 310 g/mol. The zero-order valence-electron chi connectivity index (χ0n) is 15.2. The van der Waals surface area contributed by atoms with Crippen LogP contribution in [0.2, 0.25) is 0 Å². The molecule has 1 N–H and O–H groups in total. The summed E-state index contributed by atoms with van der Waals surface area (Å²) in [5, 5.41) is 3.01. The second kappa shape index (κ2) is 8.19. The molecule has 1 atom stereocenters. The largest absolute Gasteiger partial charge is 0.481 e. The molecular formula is C22H27NO2. The van der Waals surface area contributed by atoms with Crippen LogP contribution in [0.3, 0.4) is 0 Å². The van der Waals surface area contributed by atoms with Gasteiger partial charge in [-0.15, -0.1) is 0 Å². The molecule has 1 amide bonds. The summed E-state index contributed by atoms with van der Waals surface area (Å²) in [5.74, 6) is 0.752. The minimum Gasteiger partial charge on any atom is -0.481 e. The Kier molecular flexibility index (Phi) is 5.75. The van der Waals surface area contributed by atoms with Crippen molar-refractivity contribution in [3.63, 3.8) is 0 Å². The third kappa shape index (κ3) is 4.41. The van der Waals surface area contributed by atoms with E-state index in [1.165, 1.54) is 29.5 Å². The maximum atomic E-state index is 12.5. The summed E-state index contributed by atoms with van der Waals surface area (Å²) in [7, 11) is 0. The van der Waals surface area contributed by atoms with Crippen LogP contribution >= 0.6 is 0 Å². The molecule has 0 radical (unpaired) electrons. The predicted octanol–water partition coefficient (Wildman–Crippen LogP) is 4.35. The van der Waals surface area contributed by atoms with Gasteiger partial charge in [-0.25, -0.2) is 0 Å². The Morgan fingerprint density at radius 3 is 2.64 bits per heavy atom. The van der Waals surface area contributed by atoms with E-state index in [0.29, 0.717) is 13.0 Å². The lowest BCUT2D eigenvalue weighted by Gasteiger charge is -2.20. The van der Waals surface area contributed by atoms with E-state index < -0.39 is 6.10 Å². The zero-order valence-corrected chi connectivity index (χ0v) is 15.2. The molecule has 25 heavy (non-hydrogen) atoms. The first-order chi connectivity index (χ1) is 12.2. The average molecular weight is 337 g/mol. The first-order valence-electron chi connectivity index (χ1n) is 9.28. The van der Waals surface area contributed by atoms with E-state index in [2.05, 4.69) is 30.4 Å². The van der Waals surface area contributed by atoms with Crippen molar-refractivity contribution in [2.45, 2.75) is 58.6 Å². The number of benzene rings is 2. The number of nitrogens with one attached hydrogen (secondary N) is 1. The molecule has 0 bridgehead atoms. The highest BCUT2D eigenvalue weighted by Gasteiger charge is 2.19. The van der Waals surface area contributed by atoms with Crippen LogP contribution in [0.15, 0.2) is 42.5 Å². The van der Waals surface area contributed by atoms with Crippen molar-refractivity contribution >= 4 is 5.91 Å². The maximum Gasteiger partial charge on any atom is 0.261 e. The number of hydrogen-bond donors (Lipinski definition) is 1. The molecule has 0 saturated heterocycles. The topological polar surface area (TPSA) is 38.3 Å². The van der Waals surface area contributed by atoms with Crippen molar-refractivity contribution < 1.29 is 9.53 Å². The van der Waals surface area contributed by atoms with Crippen LogP contribution < -0.4 is 10.1 Å². The number of fused-ring (bicyclic) bond motifs is 1. The summed E-state index contributed by atoms with van der Waals surface area (Å²) in [6.07, 6.45) is 4.98. The molecule has 2 aromatic carbocycles. The van der Waals surface area contributed by atoms with Gasteiger partial charge in [0, 0.05) is 6.54 Å². The van der Waals surface area contributed by atoms with Gasteiger partial charge in [0.2, 0.25) is 0 Å². The Balaban J connectivity index is 1.62. The number of hydrogen-bond acceptors (Lipinski definition) is 2. The van der Waals surface area contributed by atoms with Gasteiger partial charge in [0.1, 0.15) is 5.75 Å². The lowest BCUT2D eigenvalue weighted by Crippen LogP contribution is -2.37. The monoisotopic (exact) mass is 337 g/mol. The van der Waals surface area contributed by atoms with Crippen LogP contribution in [0.1, 0.15) is 48.4 Å². The molecule has 0 saturated carbocycles. The van der Waals surface area contributed by atoms with Crippen molar-refractivity contribution in [2.75, 3.05) is 0 Å². The van der Waals surface area contributed by atoms with Crippen molar-refractivity contribution in [2.24, 2.45) is 0 Å². The number of aryl methyl sites for hydroxylation is 3. The fourth-order valence-electron chi connectivity index (χ4n) is 3.37. The van der Waals surface area contributed by atoms with Gasteiger partial charge in [0.25, 0.3) is 5.91 Å². The Hall–Kier alpha value is -2.29. The van der Waals surface area contributed by atoms with Crippen molar-refractivity contribution in [3.8, 4) is 5.75 Å². The maximum absolute atomic E-state index is 12.5. The van der Waals surface area contributed by atoms with Gasteiger partial charge in [-0.1, -0.05) is 37.3 Å². The zero-order chi connectivity index (χ0) is 17.6. The lowest BCUT2D eigenvalue weighted by atomic mass is 9.92. The number of carbonyl (C=O) groups excluding carboxylic acids is 1. The second-order valence-electron chi connectivity index (χ2n) is 6.80. The van der Waals surface area contributed by atoms with Crippen LogP contribution in [0, 0.1) is 6.92 Å². The van der Waals surface area contributed by atoms with Crippen molar-refractivity contribution in [1.82, 2.24) is 5.32 Å². The van der Waals surface area contributed by atoms with E-state index in [-0.39, 0.29) is 5.91 Å². The minimum absolute atomic E-state index is 0.0523. The van der Waals surface area contributed by atoms with E-state index in [1.54, 1.807) is 0 Å². The van der Waals surface area contributed by atoms with Crippen molar-refractivity contribution in [3.05, 3.63) is 64.7 Å². The van der Waals surface area contributed by atoms with E-state index in [1.807, 2.05) is 31.2 Å². The fraction of sp³-hybridized carbons (Fsp3) is 0.409.